The van der Waals surface area contributed by atoms with E-state index < -0.39 is 0 Å². The second kappa shape index (κ2) is 11.3. The molecule has 0 spiro atoms. The Bertz CT molecular complexity index is 2800. The Morgan fingerprint density at radius 2 is 0.882 bits per heavy atom. The number of hydrogen-bond acceptors (Lipinski definition) is 3. The van der Waals surface area contributed by atoms with Crippen molar-refractivity contribution in [3.63, 3.8) is 0 Å². The summed E-state index contributed by atoms with van der Waals surface area (Å²) in [4.78, 5) is 15.3. The molecule has 1 heterocycles. The van der Waals surface area contributed by atoms with Gasteiger partial charge in [-0.1, -0.05) is 166 Å². The monoisotopic (exact) mass is 651 g/mol. The molecule has 3 nitrogen and oxygen atoms in total. The molecule has 0 unspecified atom stereocenters. The molecule has 10 rings (SSSR count). The molecule has 0 bridgehead atoms. The molecule has 8 aromatic carbocycles. The van der Waals surface area contributed by atoms with Crippen molar-refractivity contribution in [1.82, 2.24) is 15.0 Å². The number of hydrogen-bond donors (Lipinski definition) is 0. The average Bonchev–Trinajstić information content (AvgIpc) is 3.44. The first-order valence-corrected chi connectivity index (χ1v) is 17.5. The maximum atomic E-state index is 5.15. The maximum absolute atomic E-state index is 5.15. The van der Waals surface area contributed by atoms with E-state index in [-0.39, 0.29) is 5.41 Å². The van der Waals surface area contributed by atoms with Gasteiger partial charge in [-0.3, -0.25) is 0 Å². The van der Waals surface area contributed by atoms with Crippen LogP contribution >= 0.6 is 0 Å². The molecule has 0 fully saturated rings. The smallest absolute Gasteiger partial charge is 0.164 e. The fraction of sp³-hybridized carbons (Fsp3) is 0.0625. The van der Waals surface area contributed by atoms with Gasteiger partial charge in [0.05, 0.1) is 0 Å². The largest absolute Gasteiger partial charge is 0.208 e. The van der Waals surface area contributed by atoms with Gasteiger partial charge in [0.1, 0.15) is 0 Å². The van der Waals surface area contributed by atoms with Crippen molar-refractivity contribution in [3.8, 4) is 56.4 Å². The lowest BCUT2D eigenvalue weighted by Crippen LogP contribution is -2.15. The van der Waals surface area contributed by atoms with Crippen LogP contribution in [-0.4, -0.2) is 15.0 Å². The van der Waals surface area contributed by atoms with Crippen molar-refractivity contribution in [2.45, 2.75) is 19.3 Å². The highest BCUT2D eigenvalue weighted by molar-refractivity contribution is 6.27. The fourth-order valence-corrected chi connectivity index (χ4v) is 8.27. The minimum Gasteiger partial charge on any atom is -0.208 e. The number of fused-ring (bicyclic) bond motifs is 10. The lowest BCUT2D eigenvalue weighted by molar-refractivity contribution is 0.666. The van der Waals surface area contributed by atoms with Crippen LogP contribution in [0.5, 0.6) is 0 Å². The van der Waals surface area contributed by atoms with Crippen LogP contribution in [0.3, 0.4) is 0 Å². The van der Waals surface area contributed by atoms with Crippen LogP contribution in [0.1, 0.15) is 25.0 Å². The highest BCUT2D eigenvalue weighted by Crippen LogP contribution is 2.53. The zero-order valence-corrected chi connectivity index (χ0v) is 28.4. The predicted octanol–water partition coefficient (Wildman–Crippen LogP) is 12.3. The molecule has 0 radical (unpaired) electrons. The molecule has 0 N–H and O–H groups in total. The van der Waals surface area contributed by atoms with Crippen LogP contribution in [0.4, 0.5) is 0 Å². The predicted molar refractivity (Wildman–Crippen MR) is 212 cm³/mol. The van der Waals surface area contributed by atoms with Gasteiger partial charge in [0.15, 0.2) is 17.5 Å². The van der Waals surface area contributed by atoms with Crippen LogP contribution in [0.2, 0.25) is 0 Å². The van der Waals surface area contributed by atoms with Crippen molar-refractivity contribution in [2.75, 3.05) is 0 Å². The van der Waals surface area contributed by atoms with Crippen LogP contribution in [0.25, 0.3) is 88.7 Å². The van der Waals surface area contributed by atoms with E-state index in [0.29, 0.717) is 17.5 Å². The van der Waals surface area contributed by atoms with Crippen molar-refractivity contribution >= 4 is 32.3 Å². The highest BCUT2D eigenvalue weighted by atomic mass is 15.0. The van der Waals surface area contributed by atoms with Gasteiger partial charge in [0.25, 0.3) is 0 Å². The highest BCUT2D eigenvalue weighted by Gasteiger charge is 2.37. The van der Waals surface area contributed by atoms with E-state index in [1.165, 1.54) is 54.6 Å². The Morgan fingerprint density at radius 1 is 0.353 bits per heavy atom. The molecule has 51 heavy (non-hydrogen) atoms. The van der Waals surface area contributed by atoms with E-state index in [1.54, 1.807) is 0 Å². The Hall–Kier alpha value is -6.45. The third kappa shape index (κ3) is 4.62. The van der Waals surface area contributed by atoms with Crippen LogP contribution in [0.15, 0.2) is 164 Å². The third-order valence-corrected chi connectivity index (χ3v) is 10.7. The summed E-state index contributed by atoms with van der Waals surface area (Å²) in [6.45, 7) is 4.74. The summed E-state index contributed by atoms with van der Waals surface area (Å²) < 4.78 is 0. The van der Waals surface area contributed by atoms with E-state index in [2.05, 4.69) is 153 Å². The molecule has 0 aliphatic heterocycles. The molecule has 9 aromatic rings. The van der Waals surface area contributed by atoms with Gasteiger partial charge in [-0.05, 0) is 77.8 Å². The summed E-state index contributed by atoms with van der Waals surface area (Å²) in [6.07, 6.45) is 0. The summed E-state index contributed by atoms with van der Waals surface area (Å²) in [7, 11) is 0. The number of rotatable bonds is 4. The van der Waals surface area contributed by atoms with Crippen LogP contribution in [0, 0.1) is 0 Å². The zero-order valence-electron chi connectivity index (χ0n) is 28.4. The average molecular weight is 652 g/mol. The van der Waals surface area contributed by atoms with Gasteiger partial charge < -0.3 is 0 Å². The third-order valence-electron chi connectivity index (χ3n) is 10.7. The van der Waals surface area contributed by atoms with Crippen LogP contribution < -0.4 is 0 Å². The maximum Gasteiger partial charge on any atom is 0.164 e. The minimum atomic E-state index is -0.116. The van der Waals surface area contributed by atoms with E-state index in [4.69, 9.17) is 15.0 Å². The first kappa shape index (κ1) is 29.5. The minimum absolute atomic E-state index is 0.116. The summed E-state index contributed by atoms with van der Waals surface area (Å²) in [5.74, 6) is 1.96. The Kier molecular flexibility index (Phi) is 6.53. The molecule has 0 saturated heterocycles. The summed E-state index contributed by atoms with van der Waals surface area (Å²) in [6, 6.07) is 58.2. The fourth-order valence-electron chi connectivity index (χ4n) is 8.27. The molecule has 1 aromatic heterocycles. The van der Waals surface area contributed by atoms with Gasteiger partial charge in [-0.25, -0.2) is 15.0 Å². The van der Waals surface area contributed by atoms with E-state index in [1.807, 2.05) is 24.3 Å². The lowest BCUT2D eigenvalue weighted by Gasteiger charge is -2.24. The molecule has 0 atom stereocenters. The standard InChI is InChI=1S/C48H33N3/c1-48(2)42-23-12-11-21-37(42)40-27-26-39-36-25-24-34(29-41(36)35-20-9-10-22-38(35)43(39)44(40)48)47-50-45(31-16-7-4-8-17-31)49-46(51-47)33-19-13-18-32(28-33)30-14-5-3-6-15-30/h3-29H,1-2H3. The molecular formula is C48H33N3. The first-order valence-electron chi connectivity index (χ1n) is 17.5. The first-order chi connectivity index (χ1) is 25.0. The molecule has 0 saturated carbocycles. The zero-order chi connectivity index (χ0) is 34.1. The lowest BCUT2D eigenvalue weighted by atomic mass is 9.78. The van der Waals surface area contributed by atoms with Gasteiger partial charge >= 0.3 is 0 Å². The molecule has 1 aliphatic rings. The van der Waals surface area contributed by atoms with Crippen LogP contribution in [-0.2, 0) is 5.41 Å². The topological polar surface area (TPSA) is 38.7 Å². The van der Waals surface area contributed by atoms with Crippen molar-refractivity contribution in [2.24, 2.45) is 0 Å². The second-order valence-electron chi connectivity index (χ2n) is 14.0. The van der Waals surface area contributed by atoms with Gasteiger partial charge in [0, 0.05) is 22.1 Å². The second-order valence-corrected chi connectivity index (χ2v) is 14.0. The molecule has 240 valence electrons. The molecule has 1 aliphatic carbocycles. The normalized spacial score (nSPS) is 13.1. The Morgan fingerprint density at radius 3 is 1.65 bits per heavy atom. The van der Waals surface area contributed by atoms with E-state index in [9.17, 15) is 0 Å². The van der Waals surface area contributed by atoms with Gasteiger partial charge in [-0.15, -0.1) is 0 Å². The summed E-state index contributed by atoms with van der Waals surface area (Å²) in [5.41, 5.74) is 10.5. The SMILES string of the molecule is CC1(C)c2ccccc2-c2ccc3c4ccc(-c5nc(-c6ccccc6)nc(-c6cccc(-c7ccccc7)c6)n5)cc4c4ccccc4c3c21. The molecular weight excluding hydrogens is 619 g/mol. The van der Waals surface area contributed by atoms with Crippen molar-refractivity contribution in [3.05, 3.63) is 175 Å². The Balaban J connectivity index is 1.20. The number of benzene rings is 8. The van der Waals surface area contributed by atoms with E-state index in [0.717, 1.165) is 27.8 Å². The summed E-state index contributed by atoms with van der Waals surface area (Å²) in [5, 5.41) is 7.54. The van der Waals surface area contributed by atoms with E-state index >= 15 is 0 Å². The van der Waals surface area contributed by atoms with Crippen molar-refractivity contribution < 1.29 is 0 Å². The Labute approximate surface area is 297 Å². The number of nitrogens with zero attached hydrogens (tertiary/aromatic N) is 3. The quantitative estimate of drug-likeness (QED) is 0.178. The molecule has 0 amide bonds. The van der Waals surface area contributed by atoms with Crippen molar-refractivity contribution in [1.29, 1.82) is 0 Å². The summed E-state index contributed by atoms with van der Waals surface area (Å²) >= 11 is 0. The molecule has 3 heteroatoms. The van der Waals surface area contributed by atoms with Gasteiger partial charge in [-0.2, -0.15) is 0 Å². The number of aromatic nitrogens is 3. The van der Waals surface area contributed by atoms with Gasteiger partial charge in [0.2, 0.25) is 0 Å².